The molecule has 1 heterocycles. The Morgan fingerprint density at radius 3 is 2.32 bits per heavy atom. The molecule has 3 aromatic carbocycles. The fourth-order valence-corrected chi connectivity index (χ4v) is 3.45. The average Bonchev–Trinajstić information content (AvgIpc) is 2.84. The molecule has 0 spiro atoms. The number of fused-ring (bicyclic) bond motifs is 3. The molecule has 0 bridgehead atoms. The monoisotopic (exact) mass is 349 g/mol. The number of hydrogen-bond donors (Lipinski definition) is 0. The van der Waals surface area contributed by atoms with Gasteiger partial charge in [-0.1, -0.05) is 40.2 Å². The molecule has 0 atom stereocenters. The minimum atomic E-state index is 1.11. The van der Waals surface area contributed by atoms with Gasteiger partial charge < -0.3 is 4.57 Å². The quantitative estimate of drug-likeness (QED) is 0.387. The van der Waals surface area contributed by atoms with Gasteiger partial charge >= 0.3 is 0 Å². The van der Waals surface area contributed by atoms with Crippen LogP contribution in [0.4, 0.5) is 0 Å². The van der Waals surface area contributed by atoms with Crippen LogP contribution in [0.3, 0.4) is 0 Å². The van der Waals surface area contributed by atoms with Crippen LogP contribution < -0.4 is 0 Å². The zero-order chi connectivity index (χ0) is 15.3. The van der Waals surface area contributed by atoms with Crippen LogP contribution in [0.5, 0.6) is 0 Å². The first-order chi connectivity index (χ1) is 10.6. The second-order valence-corrected chi connectivity index (χ2v) is 6.70. The summed E-state index contributed by atoms with van der Waals surface area (Å²) in [6, 6.07) is 21.8. The molecule has 0 saturated heterocycles. The van der Waals surface area contributed by atoms with Gasteiger partial charge in [0, 0.05) is 20.9 Å². The number of benzene rings is 3. The predicted molar refractivity (Wildman–Crippen MR) is 98.0 cm³/mol. The highest BCUT2D eigenvalue weighted by atomic mass is 79.9. The van der Waals surface area contributed by atoms with E-state index < -0.39 is 0 Å². The molecule has 1 nitrogen and oxygen atoms in total. The minimum Gasteiger partial charge on any atom is -0.309 e. The number of nitrogens with zero attached hydrogens (tertiary/aromatic N) is 1. The summed E-state index contributed by atoms with van der Waals surface area (Å²) in [6.45, 7) is 4.32. The van der Waals surface area contributed by atoms with E-state index in [1.165, 1.54) is 38.6 Å². The molecular formula is C20H16BrN. The van der Waals surface area contributed by atoms with Gasteiger partial charge in [0.1, 0.15) is 0 Å². The van der Waals surface area contributed by atoms with Crippen LogP contribution in [0.25, 0.3) is 27.5 Å². The summed E-state index contributed by atoms with van der Waals surface area (Å²) in [7, 11) is 0. The Balaban J connectivity index is 2.17. The molecule has 4 rings (SSSR count). The molecular weight excluding hydrogens is 334 g/mol. The predicted octanol–water partition coefficient (Wildman–Crippen LogP) is 6.16. The van der Waals surface area contributed by atoms with Crippen molar-refractivity contribution >= 4 is 37.7 Å². The van der Waals surface area contributed by atoms with E-state index in [1.54, 1.807) is 0 Å². The fraction of sp³-hybridized carbons (Fsp3) is 0.100. The van der Waals surface area contributed by atoms with Crippen LogP contribution in [0.15, 0.2) is 65.1 Å². The molecule has 0 unspecified atom stereocenters. The molecule has 108 valence electrons. The third-order valence-electron chi connectivity index (χ3n) is 4.38. The first-order valence-electron chi connectivity index (χ1n) is 7.41. The van der Waals surface area contributed by atoms with Crippen molar-refractivity contribution in [2.45, 2.75) is 13.8 Å². The molecule has 0 amide bonds. The first-order valence-corrected chi connectivity index (χ1v) is 8.21. The molecule has 4 aromatic rings. The number of aryl methyl sites for hydroxylation is 2. The van der Waals surface area contributed by atoms with E-state index in [-0.39, 0.29) is 0 Å². The lowest BCUT2D eigenvalue weighted by atomic mass is 10.1. The summed E-state index contributed by atoms with van der Waals surface area (Å²) in [5, 5.41) is 2.57. The van der Waals surface area contributed by atoms with Crippen LogP contribution >= 0.6 is 15.9 Å². The minimum absolute atomic E-state index is 1.11. The Hall–Kier alpha value is -2.06. The van der Waals surface area contributed by atoms with Crippen molar-refractivity contribution in [3.05, 3.63) is 76.3 Å². The zero-order valence-corrected chi connectivity index (χ0v) is 14.2. The third-order valence-corrected chi connectivity index (χ3v) is 4.88. The van der Waals surface area contributed by atoms with Gasteiger partial charge in [0.15, 0.2) is 0 Å². The van der Waals surface area contributed by atoms with E-state index in [1.807, 2.05) is 0 Å². The van der Waals surface area contributed by atoms with Crippen molar-refractivity contribution in [2.75, 3.05) is 0 Å². The average molecular weight is 350 g/mol. The summed E-state index contributed by atoms with van der Waals surface area (Å²) < 4.78 is 3.46. The maximum Gasteiger partial charge on any atom is 0.0541 e. The normalized spacial score (nSPS) is 11.4. The molecule has 0 aliphatic carbocycles. The summed E-state index contributed by atoms with van der Waals surface area (Å²) >= 11 is 3.60. The molecule has 0 fully saturated rings. The Morgan fingerprint density at radius 2 is 1.50 bits per heavy atom. The van der Waals surface area contributed by atoms with Crippen molar-refractivity contribution in [2.24, 2.45) is 0 Å². The van der Waals surface area contributed by atoms with Crippen LogP contribution in [-0.2, 0) is 0 Å². The lowest BCUT2D eigenvalue weighted by Gasteiger charge is -2.10. The van der Waals surface area contributed by atoms with Gasteiger partial charge in [-0.3, -0.25) is 0 Å². The van der Waals surface area contributed by atoms with Crippen molar-refractivity contribution < 1.29 is 0 Å². The molecule has 0 aliphatic rings. The summed E-state index contributed by atoms with van der Waals surface area (Å²) in [6.07, 6.45) is 0. The second kappa shape index (κ2) is 4.99. The molecule has 0 saturated carbocycles. The zero-order valence-electron chi connectivity index (χ0n) is 12.6. The second-order valence-electron chi connectivity index (χ2n) is 5.78. The van der Waals surface area contributed by atoms with Gasteiger partial charge in [0.2, 0.25) is 0 Å². The largest absolute Gasteiger partial charge is 0.309 e. The Kier molecular flexibility index (Phi) is 3.08. The standard InChI is InChI=1S/C20H16BrN/c1-13-7-9-16(11-14(13)2)22-19-6-4-3-5-17(19)18-12-15(21)8-10-20(18)22/h3-12H,1-2H3. The van der Waals surface area contributed by atoms with Crippen LogP contribution in [-0.4, -0.2) is 4.57 Å². The first kappa shape index (κ1) is 13.6. The number of para-hydroxylation sites is 1. The van der Waals surface area contributed by atoms with E-state index in [0.29, 0.717) is 0 Å². The number of hydrogen-bond acceptors (Lipinski definition) is 0. The molecule has 1 aromatic heterocycles. The van der Waals surface area contributed by atoms with E-state index in [0.717, 1.165) is 4.47 Å². The Labute approximate surface area is 138 Å². The summed E-state index contributed by atoms with van der Waals surface area (Å²) in [5.74, 6) is 0. The van der Waals surface area contributed by atoms with Gasteiger partial charge in [0.25, 0.3) is 0 Å². The van der Waals surface area contributed by atoms with Crippen LogP contribution in [0, 0.1) is 13.8 Å². The molecule has 2 heteroatoms. The van der Waals surface area contributed by atoms with Crippen LogP contribution in [0.2, 0.25) is 0 Å². The smallest absolute Gasteiger partial charge is 0.0541 e. The van der Waals surface area contributed by atoms with Gasteiger partial charge in [-0.25, -0.2) is 0 Å². The van der Waals surface area contributed by atoms with E-state index in [2.05, 4.69) is 95.0 Å². The number of aromatic nitrogens is 1. The van der Waals surface area contributed by atoms with Crippen molar-refractivity contribution in [3.8, 4) is 5.69 Å². The van der Waals surface area contributed by atoms with Crippen molar-refractivity contribution in [3.63, 3.8) is 0 Å². The third kappa shape index (κ3) is 1.98. The summed E-state index contributed by atoms with van der Waals surface area (Å²) in [5.41, 5.74) is 6.36. The highest BCUT2D eigenvalue weighted by Crippen LogP contribution is 2.33. The molecule has 0 aliphatic heterocycles. The van der Waals surface area contributed by atoms with E-state index >= 15 is 0 Å². The van der Waals surface area contributed by atoms with Crippen molar-refractivity contribution in [1.29, 1.82) is 0 Å². The lowest BCUT2D eigenvalue weighted by molar-refractivity contribution is 1.16. The Morgan fingerprint density at radius 1 is 0.727 bits per heavy atom. The van der Waals surface area contributed by atoms with E-state index in [4.69, 9.17) is 0 Å². The Bertz CT molecular complexity index is 1010. The van der Waals surface area contributed by atoms with Gasteiger partial charge in [-0.15, -0.1) is 0 Å². The maximum absolute atomic E-state index is 3.60. The highest BCUT2D eigenvalue weighted by molar-refractivity contribution is 9.10. The van der Waals surface area contributed by atoms with Crippen molar-refractivity contribution in [1.82, 2.24) is 4.57 Å². The fourth-order valence-electron chi connectivity index (χ4n) is 3.09. The topological polar surface area (TPSA) is 4.93 Å². The van der Waals surface area contributed by atoms with Gasteiger partial charge in [-0.05, 0) is 61.4 Å². The van der Waals surface area contributed by atoms with Gasteiger partial charge in [0.05, 0.1) is 11.0 Å². The van der Waals surface area contributed by atoms with E-state index in [9.17, 15) is 0 Å². The maximum atomic E-state index is 3.60. The van der Waals surface area contributed by atoms with Crippen LogP contribution in [0.1, 0.15) is 11.1 Å². The lowest BCUT2D eigenvalue weighted by Crippen LogP contribution is -1.95. The molecule has 0 N–H and O–H groups in total. The summed E-state index contributed by atoms with van der Waals surface area (Å²) in [4.78, 5) is 0. The van der Waals surface area contributed by atoms with Gasteiger partial charge in [-0.2, -0.15) is 0 Å². The number of halogens is 1. The SMILES string of the molecule is Cc1ccc(-n2c3ccccc3c3cc(Br)ccc32)cc1C. The molecule has 0 radical (unpaired) electrons. The molecule has 22 heavy (non-hydrogen) atoms. The highest BCUT2D eigenvalue weighted by Gasteiger charge is 2.12. The number of rotatable bonds is 1.